The largest absolute Gasteiger partial charge is 0.493 e. The van der Waals surface area contributed by atoms with Crippen molar-refractivity contribution in [2.75, 3.05) is 26.7 Å². The molecular weight excluding hydrogens is 430 g/mol. The molecule has 0 aromatic heterocycles. The summed E-state index contributed by atoms with van der Waals surface area (Å²) in [6.07, 6.45) is 5.03. The van der Waals surface area contributed by atoms with E-state index >= 15 is 0 Å². The van der Waals surface area contributed by atoms with E-state index < -0.39 is 6.61 Å². The molecule has 8 heteroatoms. The molecule has 6 nitrogen and oxygen atoms in total. The number of alkyl halides is 2. The van der Waals surface area contributed by atoms with Crippen LogP contribution in [0.3, 0.4) is 0 Å². The van der Waals surface area contributed by atoms with Gasteiger partial charge >= 0.3 is 6.61 Å². The zero-order valence-corrected chi connectivity index (χ0v) is 18.5. The number of piperidine rings is 1. The quantitative estimate of drug-likeness (QED) is 0.579. The number of hydrogen-bond donors (Lipinski definition) is 1. The van der Waals surface area contributed by atoms with Crippen LogP contribution in [0, 0.1) is 5.92 Å². The molecule has 2 aromatic carbocycles. The Morgan fingerprint density at radius 1 is 1.12 bits per heavy atom. The second-order valence-electron chi connectivity index (χ2n) is 7.75. The van der Waals surface area contributed by atoms with Gasteiger partial charge in [0.25, 0.3) is 0 Å². The number of nitrogens with zero attached hydrogens (tertiary/aromatic N) is 1. The van der Waals surface area contributed by atoms with Gasteiger partial charge in [0, 0.05) is 31.6 Å². The molecule has 0 saturated carbocycles. The van der Waals surface area contributed by atoms with E-state index in [1.165, 1.54) is 13.2 Å². The summed E-state index contributed by atoms with van der Waals surface area (Å²) in [6, 6.07) is 14.4. The van der Waals surface area contributed by atoms with E-state index in [0.29, 0.717) is 38.9 Å². The number of rotatable bonds is 9. The van der Waals surface area contributed by atoms with E-state index in [1.54, 1.807) is 29.2 Å². The molecule has 2 amide bonds. The summed E-state index contributed by atoms with van der Waals surface area (Å²) in [5.74, 6) is -0.0723. The first-order valence-corrected chi connectivity index (χ1v) is 10.9. The topological polar surface area (TPSA) is 67.9 Å². The lowest BCUT2D eigenvalue weighted by Gasteiger charge is -2.30. The van der Waals surface area contributed by atoms with E-state index in [1.807, 2.05) is 30.3 Å². The third-order valence-electron chi connectivity index (χ3n) is 5.55. The number of methoxy groups -OCH3 is 1. The maximum absolute atomic E-state index is 12.6. The minimum Gasteiger partial charge on any atom is -0.493 e. The molecule has 1 fully saturated rings. The molecular formula is C25H28F2N2O4. The number of hydrogen-bond acceptors (Lipinski definition) is 4. The van der Waals surface area contributed by atoms with Crippen LogP contribution >= 0.6 is 0 Å². The summed E-state index contributed by atoms with van der Waals surface area (Å²) >= 11 is 0. The Morgan fingerprint density at radius 2 is 1.85 bits per heavy atom. The van der Waals surface area contributed by atoms with E-state index in [0.717, 1.165) is 11.1 Å². The van der Waals surface area contributed by atoms with Gasteiger partial charge in [0.1, 0.15) is 0 Å². The average molecular weight is 459 g/mol. The second kappa shape index (κ2) is 12.0. The van der Waals surface area contributed by atoms with Crippen molar-refractivity contribution in [2.45, 2.75) is 25.9 Å². The van der Waals surface area contributed by atoms with Crippen molar-refractivity contribution in [1.29, 1.82) is 0 Å². The molecule has 0 aliphatic carbocycles. The highest BCUT2D eigenvalue weighted by Crippen LogP contribution is 2.29. The van der Waals surface area contributed by atoms with Gasteiger partial charge in [-0.15, -0.1) is 0 Å². The molecule has 3 rings (SSSR count). The van der Waals surface area contributed by atoms with Crippen LogP contribution in [0.5, 0.6) is 11.5 Å². The maximum Gasteiger partial charge on any atom is 0.387 e. The summed E-state index contributed by atoms with van der Waals surface area (Å²) in [5, 5.41) is 2.90. The first kappa shape index (κ1) is 24.2. The van der Waals surface area contributed by atoms with Crippen LogP contribution in [-0.4, -0.2) is 50.1 Å². The molecule has 1 heterocycles. The third kappa shape index (κ3) is 7.30. The summed E-state index contributed by atoms with van der Waals surface area (Å²) in [5.41, 5.74) is 1.71. The number of carbonyl (C=O) groups excluding carboxylic acids is 2. The molecule has 0 atom stereocenters. The minimum absolute atomic E-state index is 0.0327. The lowest BCUT2D eigenvalue weighted by molar-refractivity contribution is -0.132. The van der Waals surface area contributed by atoms with Crippen LogP contribution in [0.1, 0.15) is 24.0 Å². The molecule has 1 aliphatic rings. The Bertz CT molecular complexity index is 958. The molecule has 1 saturated heterocycles. The Kier molecular flexibility index (Phi) is 8.80. The van der Waals surface area contributed by atoms with Crippen molar-refractivity contribution in [3.05, 3.63) is 65.7 Å². The molecule has 1 N–H and O–H groups in total. The van der Waals surface area contributed by atoms with E-state index in [-0.39, 0.29) is 29.2 Å². The van der Waals surface area contributed by atoms with E-state index in [4.69, 9.17) is 4.74 Å². The van der Waals surface area contributed by atoms with Crippen LogP contribution in [-0.2, 0) is 16.0 Å². The Labute approximate surface area is 192 Å². The molecule has 0 bridgehead atoms. The average Bonchev–Trinajstić information content (AvgIpc) is 2.83. The van der Waals surface area contributed by atoms with Gasteiger partial charge in [-0.3, -0.25) is 9.59 Å². The first-order valence-electron chi connectivity index (χ1n) is 10.9. The molecule has 176 valence electrons. The Morgan fingerprint density at radius 3 is 2.52 bits per heavy atom. The monoisotopic (exact) mass is 458 g/mol. The fourth-order valence-corrected chi connectivity index (χ4v) is 3.74. The van der Waals surface area contributed by atoms with Crippen molar-refractivity contribution in [2.24, 2.45) is 5.92 Å². The number of likely N-dealkylation sites (tertiary alicyclic amines) is 1. The number of ether oxygens (including phenoxy) is 2. The summed E-state index contributed by atoms with van der Waals surface area (Å²) < 4.78 is 34.6. The van der Waals surface area contributed by atoms with Gasteiger partial charge in [-0.05, 0) is 48.6 Å². The van der Waals surface area contributed by atoms with Gasteiger partial charge in [-0.2, -0.15) is 8.78 Å². The lowest BCUT2D eigenvalue weighted by Crippen LogP contribution is -2.42. The number of benzene rings is 2. The Hall–Kier alpha value is -3.42. The first-order chi connectivity index (χ1) is 16.0. The molecule has 33 heavy (non-hydrogen) atoms. The van der Waals surface area contributed by atoms with Crippen LogP contribution in [0.25, 0.3) is 6.08 Å². The minimum atomic E-state index is -2.94. The van der Waals surface area contributed by atoms with E-state index in [9.17, 15) is 18.4 Å². The van der Waals surface area contributed by atoms with E-state index in [2.05, 4.69) is 10.1 Å². The highest BCUT2D eigenvalue weighted by atomic mass is 19.3. The van der Waals surface area contributed by atoms with Crippen molar-refractivity contribution in [3.8, 4) is 11.5 Å². The third-order valence-corrected chi connectivity index (χ3v) is 5.55. The summed E-state index contributed by atoms with van der Waals surface area (Å²) in [7, 11) is 1.38. The number of halogens is 2. The SMILES string of the molecule is COc1ccc(CCNC(=O)C2CCN(C(=O)/C=C/c3ccccc3)CC2)cc1OC(F)F. The highest BCUT2D eigenvalue weighted by Gasteiger charge is 2.26. The van der Waals surface area contributed by atoms with Crippen LogP contribution in [0.2, 0.25) is 0 Å². The standard InChI is InChI=1S/C25H28F2N2O4/c1-32-21-9-7-19(17-22(21)33-25(26)27)11-14-28-24(31)20-12-15-29(16-13-20)23(30)10-8-18-5-3-2-4-6-18/h2-10,17,20,25H,11-16H2,1H3,(H,28,31)/b10-8+. The molecule has 0 spiro atoms. The predicted octanol–water partition coefficient (Wildman–Crippen LogP) is 3.91. The maximum atomic E-state index is 12.6. The van der Waals surface area contributed by atoms with Crippen molar-refractivity contribution in [1.82, 2.24) is 10.2 Å². The fraction of sp³-hybridized carbons (Fsp3) is 0.360. The number of nitrogens with one attached hydrogen (secondary N) is 1. The van der Waals surface area contributed by atoms with Gasteiger partial charge in [-0.1, -0.05) is 36.4 Å². The highest BCUT2D eigenvalue weighted by molar-refractivity contribution is 5.92. The van der Waals surface area contributed by atoms with Crippen molar-refractivity contribution < 1.29 is 27.8 Å². The van der Waals surface area contributed by atoms with Crippen molar-refractivity contribution in [3.63, 3.8) is 0 Å². The molecule has 0 unspecified atom stereocenters. The fourth-order valence-electron chi connectivity index (χ4n) is 3.74. The van der Waals surface area contributed by atoms with Gasteiger partial charge < -0.3 is 19.7 Å². The second-order valence-corrected chi connectivity index (χ2v) is 7.75. The normalized spacial score (nSPS) is 14.5. The lowest BCUT2D eigenvalue weighted by atomic mass is 9.95. The zero-order chi connectivity index (χ0) is 23.6. The molecule has 2 aromatic rings. The summed E-state index contributed by atoms with van der Waals surface area (Å²) in [4.78, 5) is 26.7. The smallest absolute Gasteiger partial charge is 0.387 e. The van der Waals surface area contributed by atoms with Crippen molar-refractivity contribution >= 4 is 17.9 Å². The van der Waals surface area contributed by atoms with Crippen LogP contribution < -0.4 is 14.8 Å². The van der Waals surface area contributed by atoms with Crippen LogP contribution in [0.15, 0.2) is 54.6 Å². The van der Waals surface area contributed by atoms with Crippen LogP contribution in [0.4, 0.5) is 8.78 Å². The number of amides is 2. The summed E-state index contributed by atoms with van der Waals surface area (Å²) in [6.45, 7) is -1.51. The zero-order valence-electron chi connectivity index (χ0n) is 18.5. The number of carbonyl (C=O) groups is 2. The predicted molar refractivity (Wildman–Crippen MR) is 121 cm³/mol. The Balaban J connectivity index is 1.42. The van der Waals surface area contributed by atoms with Gasteiger partial charge in [0.05, 0.1) is 7.11 Å². The van der Waals surface area contributed by atoms with Gasteiger partial charge in [-0.25, -0.2) is 0 Å². The van der Waals surface area contributed by atoms with Gasteiger partial charge in [0.15, 0.2) is 11.5 Å². The molecule has 0 radical (unpaired) electrons. The molecule has 1 aliphatic heterocycles. The van der Waals surface area contributed by atoms with Gasteiger partial charge in [0.2, 0.25) is 11.8 Å².